The summed E-state index contributed by atoms with van der Waals surface area (Å²) in [5.41, 5.74) is 1.30. The lowest BCUT2D eigenvalue weighted by molar-refractivity contribution is 0.0703. The van der Waals surface area contributed by atoms with Crippen LogP contribution in [0.15, 0.2) is 46.6 Å². The summed E-state index contributed by atoms with van der Waals surface area (Å²) in [6, 6.07) is 10.3. The Bertz CT molecular complexity index is 917. The smallest absolute Gasteiger partial charge is 0.346 e. The van der Waals surface area contributed by atoms with Gasteiger partial charge in [-0.3, -0.25) is 0 Å². The number of carboxylic acids is 1. The number of hydrogen-bond donors (Lipinski definition) is 2. The van der Waals surface area contributed by atoms with Crippen molar-refractivity contribution in [2.75, 3.05) is 0 Å². The van der Waals surface area contributed by atoms with E-state index in [1.54, 1.807) is 41.8 Å². The number of carboxylic acid groups (broad SMARTS) is 1. The third kappa shape index (κ3) is 2.66. The fraction of sp³-hybridized carbons (Fsp3) is 0. The van der Waals surface area contributed by atoms with Crippen LogP contribution in [0.3, 0.4) is 0 Å². The Balaban J connectivity index is 2.20. The molecule has 0 atom stereocenters. The van der Waals surface area contributed by atoms with E-state index in [1.165, 1.54) is 0 Å². The quantitative estimate of drug-likeness (QED) is 0.768. The summed E-state index contributed by atoms with van der Waals surface area (Å²) in [6.45, 7) is 0. The number of thiophene rings is 1. The molecule has 0 saturated heterocycles. The number of carbonyl (C=O) groups is 1. The van der Waals surface area contributed by atoms with E-state index in [0.29, 0.717) is 27.5 Å². The zero-order chi connectivity index (χ0) is 15.7. The molecule has 0 spiro atoms. The molecule has 2 heterocycles. The van der Waals surface area contributed by atoms with Crippen LogP contribution in [0, 0.1) is 0 Å². The highest BCUT2D eigenvalue weighted by atomic mass is 35.5. The first-order valence-corrected chi connectivity index (χ1v) is 7.49. The second kappa shape index (κ2) is 5.75. The molecule has 7 heteroatoms. The lowest BCUT2D eigenvalue weighted by Crippen LogP contribution is -2.12. The van der Waals surface area contributed by atoms with Crippen LogP contribution in [-0.4, -0.2) is 21.0 Å². The highest BCUT2D eigenvalue weighted by molar-refractivity contribution is 7.12. The minimum Gasteiger partial charge on any atom is -0.477 e. The fourth-order valence-corrected chi connectivity index (χ4v) is 3.08. The number of aromatic carboxylic acids is 1. The van der Waals surface area contributed by atoms with Gasteiger partial charge in [-0.2, -0.15) is 4.98 Å². The molecular weight excluding hydrogens is 324 g/mol. The second-order valence-corrected chi connectivity index (χ2v) is 5.76. The van der Waals surface area contributed by atoms with Gasteiger partial charge in [0, 0.05) is 16.1 Å². The normalized spacial score (nSPS) is 10.6. The fourth-order valence-electron chi connectivity index (χ4n) is 2.10. The molecule has 2 aromatic heterocycles. The summed E-state index contributed by atoms with van der Waals surface area (Å²) in [7, 11) is 0. The SMILES string of the molecule is O=C(O)c1sccc1-c1cc(-c2ccccc2Cl)[nH]c(=O)n1. The van der Waals surface area contributed by atoms with Crippen LogP contribution in [0.2, 0.25) is 5.02 Å². The molecule has 3 rings (SSSR count). The number of aromatic nitrogens is 2. The predicted molar refractivity (Wildman–Crippen MR) is 85.6 cm³/mol. The summed E-state index contributed by atoms with van der Waals surface area (Å²) < 4.78 is 0. The van der Waals surface area contributed by atoms with Gasteiger partial charge in [-0.05, 0) is 23.6 Å². The van der Waals surface area contributed by atoms with E-state index in [-0.39, 0.29) is 4.88 Å². The number of H-pyrrole nitrogens is 1. The Morgan fingerprint density at radius 3 is 2.73 bits per heavy atom. The van der Waals surface area contributed by atoms with Crippen molar-refractivity contribution in [1.29, 1.82) is 0 Å². The first kappa shape index (κ1) is 14.5. The van der Waals surface area contributed by atoms with Gasteiger partial charge in [0.1, 0.15) is 4.88 Å². The van der Waals surface area contributed by atoms with E-state index < -0.39 is 11.7 Å². The van der Waals surface area contributed by atoms with Gasteiger partial charge in [0.05, 0.1) is 11.4 Å². The Labute approximate surface area is 133 Å². The third-order valence-electron chi connectivity index (χ3n) is 3.04. The number of aromatic amines is 1. The van der Waals surface area contributed by atoms with Crippen LogP contribution in [0.5, 0.6) is 0 Å². The van der Waals surface area contributed by atoms with E-state index in [1.807, 2.05) is 0 Å². The van der Waals surface area contributed by atoms with Crippen LogP contribution in [0.1, 0.15) is 9.67 Å². The van der Waals surface area contributed by atoms with E-state index in [9.17, 15) is 14.7 Å². The molecule has 0 amide bonds. The Kier molecular flexibility index (Phi) is 3.79. The van der Waals surface area contributed by atoms with E-state index in [0.717, 1.165) is 11.3 Å². The number of rotatable bonds is 3. The number of nitrogens with zero attached hydrogens (tertiary/aromatic N) is 1. The molecule has 0 aliphatic carbocycles. The molecule has 5 nitrogen and oxygen atoms in total. The summed E-state index contributed by atoms with van der Waals surface area (Å²) >= 11 is 7.22. The Hall–Kier alpha value is -2.44. The molecule has 0 bridgehead atoms. The van der Waals surface area contributed by atoms with Crippen molar-refractivity contribution in [2.24, 2.45) is 0 Å². The summed E-state index contributed by atoms with van der Waals surface area (Å²) in [5, 5.41) is 11.3. The monoisotopic (exact) mass is 332 g/mol. The van der Waals surface area contributed by atoms with E-state index in [4.69, 9.17) is 11.6 Å². The Morgan fingerprint density at radius 2 is 2.00 bits per heavy atom. The summed E-state index contributed by atoms with van der Waals surface area (Å²) in [6.07, 6.45) is 0. The van der Waals surface area contributed by atoms with Crippen LogP contribution >= 0.6 is 22.9 Å². The molecule has 3 aromatic rings. The van der Waals surface area contributed by atoms with Gasteiger partial charge < -0.3 is 10.1 Å². The highest BCUT2D eigenvalue weighted by Gasteiger charge is 2.16. The molecule has 1 aromatic carbocycles. The molecule has 22 heavy (non-hydrogen) atoms. The van der Waals surface area contributed by atoms with Crippen LogP contribution in [-0.2, 0) is 0 Å². The maximum absolute atomic E-state index is 11.8. The molecule has 0 saturated carbocycles. The van der Waals surface area contributed by atoms with E-state index >= 15 is 0 Å². The molecule has 0 radical (unpaired) electrons. The molecule has 0 unspecified atom stereocenters. The van der Waals surface area contributed by atoms with Crippen LogP contribution in [0.4, 0.5) is 0 Å². The van der Waals surface area contributed by atoms with Crippen LogP contribution < -0.4 is 5.69 Å². The maximum atomic E-state index is 11.8. The van der Waals surface area contributed by atoms with Crippen molar-refractivity contribution in [3.8, 4) is 22.5 Å². The minimum atomic E-state index is -1.05. The van der Waals surface area contributed by atoms with Gasteiger partial charge in [0.25, 0.3) is 0 Å². The van der Waals surface area contributed by atoms with E-state index in [2.05, 4.69) is 9.97 Å². The van der Waals surface area contributed by atoms with Crippen molar-refractivity contribution in [2.45, 2.75) is 0 Å². The number of halogens is 1. The number of benzene rings is 1. The van der Waals surface area contributed by atoms with Gasteiger partial charge in [0.15, 0.2) is 0 Å². The molecule has 2 N–H and O–H groups in total. The minimum absolute atomic E-state index is 0.142. The lowest BCUT2D eigenvalue weighted by Gasteiger charge is -2.06. The van der Waals surface area contributed by atoms with Crippen molar-refractivity contribution < 1.29 is 9.90 Å². The average molecular weight is 333 g/mol. The van der Waals surface area contributed by atoms with Gasteiger partial charge >= 0.3 is 11.7 Å². The largest absolute Gasteiger partial charge is 0.477 e. The Morgan fingerprint density at radius 1 is 1.23 bits per heavy atom. The molecule has 0 fully saturated rings. The molecule has 0 aliphatic heterocycles. The van der Waals surface area contributed by atoms with Crippen molar-refractivity contribution in [1.82, 2.24) is 9.97 Å². The first-order chi connectivity index (χ1) is 10.6. The molecule has 110 valence electrons. The first-order valence-electron chi connectivity index (χ1n) is 6.23. The van der Waals surface area contributed by atoms with Gasteiger partial charge in [-0.15, -0.1) is 11.3 Å². The number of hydrogen-bond acceptors (Lipinski definition) is 4. The van der Waals surface area contributed by atoms with Crippen molar-refractivity contribution in [3.05, 3.63) is 62.2 Å². The van der Waals surface area contributed by atoms with Gasteiger partial charge in [0.2, 0.25) is 0 Å². The maximum Gasteiger partial charge on any atom is 0.346 e. The van der Waals surface area contributed by atoms with Crippen LogP contribution in [0.25, 0.3) is 22.5 Å². The summed E-state index contributed by atoms with van der Waals surface area (Å²) in [5.74, 6) is -1.05. The average Bonchev–Trinajstić information content (AvgIpc) is 2.96. The lowest BCUT2D eigenvalue weighted by atomic mass is 10.1. The van der Waals surface area contributed by atoms with Crippen molar-refractivity contribution >= 4 is 28.9 Å². The van der Waals surface area contributed by atoms with Gasteiger partial charge in [-0.1, -0.05) is 29.8 Å². The standard InChI is InChI=1S/C15H9ClN2O3S/c16-10-4-2-1-3-8(10)11-7-12(18-15(21)17-11)9-5-6-22-13(9)14(19)20/h1-7H,(H,19,20)(H,17,18,21). The molecule has 0 aliphatic rings. The summed E-state index contributed by atoms with van der Waals surface area (Å²) in [4.78, 5) is 29.7. The zero-order valence-electron chi connectivity index (χ0n) is 11.0. The van der Waals surface area contributed by atoms with Crippen molar-refractivity contribution in [3.63, 3.8) is 0 Å². The zero-order valence-corrected chi connectivity index (χ0v) is 12.6. The predicted octanol–water partition coefficient (Wildman–Crippen LogP) is 3.52. The third-order valence-corrected chi connectivity index (χ3v) is 4.28. The topological polar surface area (TPSA) is 83.0 Å². The highest BCUT2D eigenvalue weighted by Crippen LogP contribution is 2.30. The second-order valence-electron chi connectivity index (χ2n) is 4.43. The molecular formula is C15H9ClN2O3S. The number of nitrogens with one attached hydrogen (secondary N) is 1. The van der Waals surface area contributed by atoms with Gasteiger partial charge in [-0.25, -0.2) is 9.59 Å².